The summed E-state index contributed by atoms with van der Waals surface area (Å²) < 4.78 is 95.4. The van der Waals surface area contributed by atoms with Gasteiger partial charge in [0, 0.05) is 17.1 Å². The van der Waals surface area contributed by atoms with Gasteiger partial charge in [-0.05, 0) is 30.2 Å². The van der Waals surface area contributed by atoms with Crippen LogP contribution in [0.5, 0.6) is 0 Å². The lowest BCUT2D eigenvalue weighted by Gasteiger charge is -2.20. The van der Waals surface area contributed by atoms with Gasteiger partial charge in [0.15, 0.2) is 11.3 Å². The van der Waals surface area contributed by atoms with Crippen molar-refractivity contribution in [1.82, 2.24) is 19.6 Å². The zero-order valence-corrected chi connectivity index (χ0v) is 21.2. The van der Waals surface area contributed by atoms with Crippen LogP contribution in [0.1, 0.15) is 43.7 Å². The first-order valence-corrected chi connectivity index (χ1v) is 12.2. The summed E-state index contributed by atoms with van der Waals surface area (Å²) in [6, 6.07) is 10.6. The fourth-order valence-corrected chi connectivity index (χ4v) is 5.14. The molecule has 0 bridgehead atoms. The van der Waals surface area contributed by atoms with E-state index in [9.17, 15) is 40.3 Å². The third-order valence-electron chi connectivity index (χ3n) is 5.92. The van der Waals surface area contributed by atoms with Gasteiger partial charge in [0.25, 0.3) is 18.2 Å². The first-order chi connectivity index (χ1) is 19.2. The molecule has 8 nitrogen and oxygen atoms in total. The number of rotatable bonds is 6. The Kier molecular flexibility index (Phi) is 6.68. The van der Waals surface area contributed by atoms with Crippen molar-refractivity contribution in [3.63, 3.8) is 0 Å². The van der Waals surface area contributed by atoms with Gasteiger partial charge in [0.05, 0.1) is 5.69 Å². The van der Waals surface area contributed by atoms with Gasteiger partial charge in [-0.2, -0.15) is 27.1 Å². The standard InChI is InChI=1S/C25H15F7N6O2S/c1-10-7-15(24(28,29)25(30,31)32)38-16(34-10)9-14(37-38)22(40)36-18-17-12(11-5-3-2-4-6-11)8-13(20(26)27)35-23(17)41-19(18)21(33)39/h2-9,20H,1H3,(H2,33,39)(H,36,40). The molecule has 0 aliphatic rings. The highest BCUT2D eigenvalue weighted by Crippen LogP contribution is 2.44. The summed E-state index contributed by atoms with van der Waals surface area (Å²) in [5.74, 6) is -7.51. The first kappa shape index (κ1) is 27.9. The SMILES string of the molecule is Cc1cc(C(F)(F)C(F)(F)F)n2nc(C(=O)Nc3c(C(N)=O)sc4nc(C(F)F)cc(-c5ccccc5)c34)cc2n1. The van der Waals surface area contributed by atoms with Gasteiger partial charge >= 0.3 is 12.1 Å². The lowest BCUT2D eigenvalue weighted by molar-refractivity contribution is -0.291. The Hall–Kier alpha value is -4.60. The zero-order valence-electron chi connectivity index (χ0n) is 20.4. The van der Waals surface area contributed by atoms with Gasteiger partial charge in [0.2, 0.25) is 0 Å². The van der Waals surface area contributed by atoms with Gasteiger partial charge in [-0.15, -0.1) is 11.3 Å². The molecule has 5 aromatic rings. The minimum atomic E-state index is -5.97. The molecular weight excluding hydrogens is 581 g/mol. The smallest absolute Gasteiger partial charge is 0.365 e. The molecule has 0 spiro atoms. The molecule has 0 radical (unpaired) electrons. The molecule has 5 rings (SSSR count). The van der Waals surface area contributed by atoms with Crippen LogP contribution in [0, 0.1) is 6.92 Å². The molecule has 0 saturated heterocycles. The number of carbonyl (C=O) groups excluding carboxylic acids is 2. The lowest BCUT2D eigenvalue weighted by Crippen LogP contribution is -2.36. The lowest BCUT2D eigenvalue weighted by atomic mass is 10.0. The summed E-state index contributed by atoms with van der Waals surface area (Å²) in [5, 5.41) is 6.08. The quantitative estimate of drug-likeness (QED) is 0.225. The Bertz CT molecular complexity index is 1830. The number of aromatic nitrogens is 4. The highest BCUT2D eigenvalue weighted by molar-refractivity contribution is 7.21. The molecule has 0 aliphatic carbocycles. The van der Waals surface area contributed by atoms with Crippen molar-refractivity contribution in [3.05, 3.63) is 76.2 Å². The van der Waals surface area contributed by atoms with Crippen molar-refractivity contribution >= 4 is 44.7 Å². The molecule has 3 N–H and O–H groups in total. The monoisotopic (exact) mass is 596 g/mol. The van der Waals surface area contributed by atoms with Gasteiger partial charge in [-0.1, -0.05) is 30.3 Å². The number of hydrogen-bond donors (Lipinski definition) is 2. The maximum absolute atomic E-state index is 14.3. The molecule has 41 heavy (non-hydrogen) atoms. The maximum atomic E-state index is 14.3. The van der Waals surface area contributed by atoms with E-state index in [1.165, 1.54) is 6.92 Å². The van der Waals surface area contributed by atoms with Crippen LogP contribution in [0.25, 0.3) is 27.0 Å². The van der Waals surface area contributed by atoms with Crippen LogP contribution in [-0.4, -0.2) is 37.6 Å². The third kappa shape index (κ3) is 4.83. The second-order valence-corrected chi connectivity index (χ2v) is 9.72. The normalized spacial score (nSPS) is 12.4. The van der Waals surface area contributed by atoms with E-state index in [0.29, 0.717) is 23.0 Å². The Balaban J connectivity index is 1.67. The number of halogens is 7. The fraction of sp³-hybridized carbons (Fsp3) is 0.160. The van der Waals surface area contributed by atoms with E-state index in [1.807, 2.05) is 0 Å². The number of nitrogens with one attached hydrogen (secondary N) is 1. The van der Waals surface area contributed by atoms with Crippen LogP contribution >= 0.6 is 11.3 Å². The van der Waals surface area contributed by atoms with Crippen molar-refractivity contribution in [2.45, 2.75) is 25.4 Å². The number of aryl methyl sites for hydroxylation is 1. The summed E-state index contributed by atoms with van der Waals surface area (Å²) >= 11 is 0.629. The molecule has 2 amide bonds. The van der Waals surface area contributed by atoms with E-state index in [4.69, 9.17) is 5.73 Å². The average Bonchev–Trinajstić information content (AvgIpc) is 3.49. The second kappa shape index (κ2) is 9.79. The molecule has 0 unspecified atom stereocenters. The molecule has 1 aromatic carbocycles. The number of hydrogen-bond acceptors (Lipinski definition) is 6. The Morgan fingerprint density at radius 1 is 1.02 bits per heavy atom. The maximum Gasteiger partial charge on any atom is 0.459 e. The number of benzene rings is 1. The molecule has 0 aliphatic heterocycles. The van der Waals surface area contributed by atoms with Crippen molar-refractivity contribution in [2.75, 3.05) is 5.32 Å². The number of pyridine rings is 1. The van der Waals surface area contributed by atoms with E-state index in [1.54, 1.807) is 30.3 Å². The van der Waals surface area contributed by atoms with Crippen LogP contribution in [0.2, 0.25) is 0 Å². The zero-order chi connectivity index (χ0) is 29.9. The number of fused-ring (bicyclic) bond motifs is 2. The third-order valence-corrected chi connectivity index (χ3v) is 7.02. The van der Waals surface area contributed by atoms with E-state index < -0.39 is 53.1 Å². The number of alkyl halides is 7. The average molecular weight is 596 g/mol. The number of primary amides is 1. The summed E-state index contributed by atoms with van der Waals surface area (Å²) in [6.07, 6.45) is -8.94. The first-order valence-electron chi connectivity index (χ1n) is 11.4. The number of nitrogens with zero attached hydrogens (tertiary/aromatic N) is 4. The number of amides is 2. The number of anilines is 1. The predicted octanol–water partition coefficient (Wildman–Crippen LogP) is 6.26. The summed E-state index contributed by atoms with van der Waals surface area (Å²) in [7, 11) is 0. The van der Waals surface area contributed by atoms with Crippen LogP contribution in [0.15, 0.2) is 48.5 Å². The number of nitrogens with two attached hydrogens (primary N) is 1. The summed E-state index contributed by atoms with van der Waals surface area (Å²) in [5.41, 5.74) is 2.38. The van der Waals surface area contributed by atoms with Crippen molar-refractivity contribution in [1.29, 1.82) is 0 Å². The van der Waals surface area contributed by atoms with Gasteiger partial charge in [0.1, 0.15) is 21.1 Å². The van der Waals surface area contributed by atoms with Crippen LogP contribution < -0.4 is 11.1 Å². The van der Waals surface area contributed by atoms with E-state index in [2.05, 4.69) is 20.4 Å². The Labute approximate surface area is 228 Å². The van der Waals surface area contributed by atoms with E-state index in [0.717, 1.165) is 12.1 Å². The summed E-state index contributed by atoms with van der Waals surface area (Å²) in [6.45, 7) is 1.19. The molecular formula is C25H15F7N6O2S. The van der Waals surface area contributed by atoms with Crippen LogP contribution in [0.3, 0.4) is 0 Å². The minimum Gasteiger partial charge on any atom is -0.365 e. The molecule has 212 valence electrons. The van der Waals surface area contributed by atoms with Gasteiger partial charge in [-0.25, -0.2) is 23.3 Å². The van der Waals surface area contributed by atoms with Crippen LogP contribution in [-0.2, 0) is 5.92 Å². The molecule has 0 fully saturated rings. The van der Waals surface area contributed by atoms with Gasteiger partial charge < -0.3 is 11.1 Å². The van der Waals surface area contributed by atoms with E-state index in [-0.39, 0.29) is 36.6 Å². The topological polar surface area (TPSA) is 115 Å². The number of thiophene rings is 1. The van der Waals surface area contributed by atoms with E-state index >= 15 is 0 Å². The summed E-state index contributed by atoms with van der Waals surface area (Å²) in [4.78, 5) is 33.0. The fourth-order valence-electron chi connectivity index (χ4n) is 4.12. The highest BCUT2D eigenvalue weighted by atomic mass is 32.1. The molecule has 4 heterocycles. The number of carbonyl (C=O) groups is 2. The molecule has 4 aromatic heterocycles. The van der Waals surface area contributed by atoms with Crippen molar-refractivity contribution in [3.8, 4) is 11.1 Å². The highest BCUT2D eigenvalue weighted by Gasteiger charge is 2.60. The molecule has 16 heteroatoms. The van der Waals surface area contributed by atoms with Crippen molar-refractivity contribution < 1.29 is 40.3 Å². The van der Waals surface area contributed by atoms with Crippen LogP contribution in [0.4, 0.5) is 36.4 Å². The predicted molar refractivity (Wildman–Crippen MR) is 134 cm³/mol. The van der Waals surface area contributed by atoms with Gasteiger partial charge in [-0.3, -0.25) is 9.59 Å². The molecule has 0 saturated carbocycles. The van der Waals surface area contributed by atoms with Crippen molar-refractivity contribution in [2.24, 2.45) is 5.73 Å². The largest absolute Gasteiger partial charge is 0.459 e. The Morgan fingerprint density at radius 2 is 1.71 bits per heavy atom. The second-order valence-electron chi connectivity index (χ2n) is 8.72. The minimum absolute atomic E-state index is 0.0647. The Morgan fingerprint density at radius 3 is 2.32 bits per heavy atom. The molecule has 0 atom stereocenters.